The first-order chi connectivity index (χ1) is 8.85. The molecule has 0 atom stereocenters. The molecule has 19 heavy (non-hydrogen) atoms. The minimum atomic E-state index is -0.595. The second-order valence-corrected chi connectivity index (χ2v) is 4.30. The fourth-order valence-electron chi connectivity index (χ4n) is 1.70. The zero-order chi connectivity index (χ0) is 14.6. The highest BCUT2D eigenvalue weighted by atomic mass is 16.5. The third kappa shape index (κ3) is 3.84. The van der Waals surface area contributed by atoms with E-state index in [9.17, 15) is 9.59 Å². The molecule has 0 radical (unpaired) electrons. The third-order valence-electron chi connectivity index (χ3n) is 2.64. The zero-order valence-corrected chi connectivity index (χ0v) is 11.5. The van der Waals surface area contributed by atoms with Gasteiger partial charge in [0.2, 0.25) is 5.91 Å². The van der Waals surface area contributed by atoms with Gasteiger partial charge in [0, 0.05) is 12.6 Å². The summed E-state index contributed by atoms with van der Waals surface area (Å²) in [5.41, 5.74) is 9.29. The van der Waals surface area contributed by atoms with Crippen LogP contribution in [0.5, 0.6) is 0 Å². The SMILES string of the molecule is COC(=O)C(=Cc1cc(C)c(N)c(C)c1)NC(C)=O. The minimum absolute atomic E-state index is 0.0959. The van der Waals surface area contributed by atoms with Crippen molar-refractivity contribution in [1.29, 1.82) is 0 Å². The second kappa shape index (κ2) is 6.04. The fraction of sp³-hybridized carbons (Fsp3) is 0.286. The number of benzene rings is 1. The molecule has 0 bridgehead atoms. The number of carbonyl (C=O) groups excluding carboxylic acids is 2. The van der Waals surface area contributed by atoms with Gasteiger partial charge in [0.05, 0.1) is 7.11 Å². The summed E-state index contributed by atoms with van der Waals surface area (Å²) in [4.78, 5) is 22.6. The summed E-state index contributed by atoms with van der Waals surface area (Å²) in [5, 5.41) is 2.45. The summed E-state index contributed by atoms with van der Waals surface area (Å²) in [6, 6.07) is 3.68. The first-order valence-corrected chi connectivity index (χ1v) is 5.79. The van der Waals surface area contributed by atoms with E-state index in [1.807, 2.05) is 26.0 Å². The number of carbonyl (C=O) groups is 2. The average molecular weight is 262 g/mol. The minimum Gasteiger partial charge on any atom is -0.464 e. The lowest BCUT2D eigenvalue weighted by Gasteiger charge is -2.09. The summed E-state index contributed by atoms with van der Waals surface area (Å²) in [6.45, 7) is 5.10. The van der Waals surface area contributed by atoms with E-state index >= 15 is 0 Å². The summed E-state index contributed by atoms with van der Waals surface area (Å²) < 4.78 is 4.62. The molecule has 5 heteroatoms. The van der Waals surface area contributed by atoms with Crippen molar-refractivity contribution in [2.45, 2.75) is 20.8 Å². The van der Waals surface area contributed by atoms with Crippen LogP contribution in [0, 0.1) is 13.8 Å². The van der Waals surface area contributed by atoms with Crippen LogP contribution in [0.15, 0.2) is 17.8 Å². The van der Waals surface area contributed by atoms with Gasteiger partial charge in [-0.3, -0.25) is 4.79 Å². The van der Waals surface area contributed by atoms with E-state index in [4.69, 9.17) is 5.73 Å². The summed E-state index contributed by atoms with van der Waals surface area (Å²) in [6.07, 6.45) is 1.56. The molecule has 102 valence electrons. The molecule has 3 N–H and O–H groups in total. The summed E-state index contributed by atoms with van der Waals surface area (Å²) in [5.74, 6) is -0.928. The van der Waals surface area contributed by atoms with Gasteiger partial charge in [0.25, 0.3) is 0 Å². The highest BCUT2D eigenvalue weighted by molar-refractivity contribution is 5.97. The lowest BCUT2D eigenvalue weighted by molar-refractivity contribution is -0.137. The van der Waals surface area contributed by atoms with Crippen LogP contribution in [0.1, 0.15) is 23.6 Å². The number of anilines is 1. The van der Waals surface area contributed by atoms with E-state index in [1.54, 1.807) is 6.08 Å². The number of methoxy groups -OCH3 is 1. The topological polar surface area (TPSA) is 81.4 Å². The first-order valence-electron chi connectivity index (χ1n) is 5.79. The van der Waals surface area contributed by atoms with Crippen LogP contribution in [0.25, 0.3) is 6.08 Å². The molecule has 0 saturated carbocycles. The standard InChI is InChI=1S/C14H18N2O3/c1-8-5-11(6-9(2)13(8)15)7-12(14(18)19-4)16-10(3)17/h5-7H,15H2,1-4H3,(H,16,17). The van der Waals surface area contributed by atoms with Crippen LogP contribution in [0.4, 0.5) is 5.69 Å². The maximum absolute atomic E-state index is 11.6. The lowest BCUT2D eigenvalue weighted by atomic mass is 10.0. The van der Waals surface area contributed by atoms with E-state index in [-0.39, 0.29) is 11.6 Å². The van der Waals surface area contributed by atoms with Crippen LogP contribution in [0.3, 0.4) is 0 Å². The molecule has 1 aromatic rings. The maximum Gasteiger partial charge on any atom is 0.354 e. The molecule has 1 aromatic carbocycles. The van der Waals surface area contributed by atoms with Crippen molar-refractivity contribution in [3.05, 3.63) is 34.5 Å². The molecule has 1 amide bonds. The highest BCUT2D eigenvalue weighted by Gasteiger charge is 2.11. The van der Waals surface area contributed by atoms with Gasteiger partial charge in [-0.1, -0.05) is 0 Å². The quantitative estimate of drug-likeness (QED) is 0.492. The fourth-order valence-corrected chi connectivity index (χ4v) is 1.70. The van der Waals surface area contributed by atoms with Crippen molar-refractivity contribution in [3.63, 3.8) is 0 Å². The number of esters is 1. The van der Waals surface area contributed by atoms with E-state index in [0.717, 1.165) is 22.4 Å². The van der Waals surface area contributed by atoms with E-state index in [1.165, 1.54) is 14.0 Å². The normalized spacial score (nSPS) is 11.1. The maximum atomic E-state index is 11.6. The van der Waals surface area contributed by atoms with Gasteiger partial charge in [-0.15, -0.1) is 0 Å². The van der Waals surface area contributed by atoms with E-state index in [2.05, 4.69) is 10.1 Å². The Morgan fingerprint density at radius 1 is 1.26 bits per heavy atom. The molecular formula is C14H18N2O3. The van der Waals surface area contributed by atoms with Crippen LogP contribution in [-0.4, -0.2) is 19.0 Å². The van der Waals surface area contributed by atoms with Gasteiger partial charge >= 0.3 is 5.97 Å². The van der Waals surface area contributed by atoms with Gasteiger partial charge < -0.3 is 15.8 Å². The number of nitrogens with one attached hydrogen (secondary N) is 1. The molecule has 5 nitrogen and oxygen atoms in total. The Morgan fingerprint density at radius 3 is 2.21 bits per heavy atom. The van der Waals surface area contributed by atoms with Crippen molar-refractivity contribution in [3.8, 4) is 0 Å². The number of ether oxygens (including phenoxy) is 1. The number of hydrogen-bond donors (Lipinski definition) is 2. The Bertz CT molecular complexity index is 525. The molecule has 1 rings (SSSR count). The van der Waals surface area contributed by atoms with Crippen molar-refractivity contribution >= 4 is 23.6 Å². The molecule has 0 heterocycles. The number of rotatable bonds is 3. The summed E-state index contributed by atoms with van der Waals surface area (Å²) in [7, 11) is 1.26. The van der Waals surface area contributed by atoms with Crippen LogP contribution < -0.4 is 11.1 Å². The second-order valence-electron chi connectivity index (χ2n) is 4.30. The largest absolute Gasteiger partial charge is 0.464 e. The number of hydrogen-bond acceptors (Lipinski definition) is 4. The Labute approximate surface area is 112 Å². The average Bonchev–Trinajstić information content (AvgIpc) is 2.33. The Morgan fingerprint density at radius 2 is 1.79 bits per heavy atom. The Balaban J connectivity index is 3.21. The number of nitrogen functional groups attached to an aromatic ring is 1. The lowest BCUT2D eigenvalue weighted by Crippen LogP contribution is -2.25. The third-order valence-corrected chi connectivity index (χ3v) is 2.64. The van der Waals surface area contributed by atoms with Crippen molar-refractivity contribution < 1.29 is 14.3 Å². The molecule has 0 aliphatic rings. The highest BCUT2D eigenvalue weighted by Crippen LogP contribution is 2.20. The molecule has 0 saturated heterocycles. The van der Waals surface area contributed by atoms with Gasteiger partial charge in [0.1, 0.15) is 5.70 Å². The number of aryl methyl sites for hydroxylation is 2. The molecule has 0 aliphatic carbocycles. The van der Waals surface area contributed by atoms with Gasteiger partial charge in [-0.05, 0) is 48.7 Å². The van der Waals surface area contributed by atoms with Crippen molar-refractivity contribution in [2.24, 2.45) is 0 Å². The monoisotopic (exact) mass is 262 g/mol. The molecule has 0 unspecified atom stereocenters. The first kappa shape index (κ1) is 14.8. The Hall–Kier alpha value is -2.30. The van der Waals surface area contributed by atoms with Crippen molar-refractivity contribution in [2.75, 3.05) is 12.8 Å². The molecule has 0 spiro atoms. The van der Waals surface area contributed by atoms with E-state index in [0.29, 0.717) is 0 Å². The van der Waals surface area contributed by atoms with E-state index < -0.39 is 5.97 Å². The van der Waals surface area contributed by atoms with Gasteiger partial charge in [-0.25, -0.2) is 4.79 Å². The Kier molecular flexibility index (Phi) is 4.69. The van der Waals surface area contributed by atoms with Crippen molar-refractivity contribution in [1.82, 2.24) is 5.32 Å². The number of amides is 1. The predicted molar refractivity (Wildman–Crippen MR) is 74.1 cm³/mol. The molecule has 0 aromatic heterocycles. The van der Waals surface area contributed by atoms with Crippen LogP contribution >= 0.6 is 0 Å². The number of nitrogens with two attached hydrogens (primary N) is 1. The molecule has 0 fully saturated rings. The smallest absolute Gasteiger partial charge is 0.354 e. The van der Waals surface area contributed by atoms with Gasteiger partial charge in [-0.2, -0.15) is 0 Å². The summed E-state index contributed by atoms with van der Waals surface area (Å²) >= 11 is 0. The predicted octanol–water partition coefficient (Wildman–Crippen LogP) is 1.54. The van der Waals surface area contributed by atoms with Crippen LogP contribution in [0.2, 0.25) is 0 Å². The van der Waals surface area contributed by atoms with Crippen LogP contribution in [-0.2, 0) is 14.3 Å². The molecule has 0 aliphatic heterocycles. The molecular weight excluding hydrogens is 244 g/mol. The van der Waals surface area contributed by atoms with Gasteiger partial charge in [0.15, 0.2) is 0 Å². The zero-order valence-electron chi connectivity index (χ0n) is 11.5.